The summed E-state index contributed by atoms with van der Waals surface area (Å²) in [7, 11) is 4.87. The van der Waals surface area contributed by atoms with Gasteiger partial charge >= 0.3 is 12.0 Å². The molecule has 0 radical (unpaired) electrons. The Bertz CT molecular complexity index is 744. The van der Waals surface area contributed by atoms with Gasteiger partial charge in [0.15, 0.2) is 0 Å². The fourth-order valence-corrected chi connectivity index (χ4v) is 2.97. The molecular formula is C17H22N5O3+. The van der Waals surface area contributed by atoms with E-state index in [4.69, 9.17) is 4.74 Å². The van der Waals surface area contributed by atoms with Crippen LogP contribution >= 0.6 is 0 Å². The van der Waals surface area contributed by atoms with Crippen LogP contribution < -0.4 is 10.1 Å². The predicted molar refractivity (Wildman–Crippen MR) is 92.9 cm³/mol. The SMILES string of the molecule is CNC1=[N+](CCCOc2ccccc2)C2C(=O)N(C)C(=O)N(C)C2=N1. The zero-order chi connectivity index (χ0) is 18.0. The summed E-state index contributed by atoms with van der Waals surface area (Å²) in [6, 6.07) is 8.65. The van der Waals surface area contributed by atoms with Gasteiger partial charge in [-0.3, -0.25) is 19.9 Å². The molecule has 2 aliphatic heterocycles. The van der Waals surface area contributed by atoms with Crippen LogP contribution in [0.4, 0.5) is 4.79 Å². The molecule has 1 fully saturated rings. The van der Waals surface area contributed by atoms with Crippen molar-refractivity contribution in [2.75, 3.05) is 34.3 Å². The van der Waals surface area contributed by atoms with Gasteiger partial charge in [-0.2, -0.15) is 0 Å². The molecule has 0 aliphatic carbocycles. The van der Waals surface area contributed by atoms with Crippen molar-refractivity contribution in [2.45, 2.75) is 12.5 Å². The minimum atomic E-state index is -0.577. The Morgan fingerprint density at radius 1 is 1.20 bits per heavy atom. The first kappa shape index (κ1) is 16.9. The number of amidine groups is 1. The van der Waals surface area contributed by atoms with E-state index in [0.29, 0.717) is 31.4 Å². The van der Waals surface area contributed by atoms with E-state index in [9.17, 15) is 9.59 Å². The summed E-state index contributed by atoms with van der Waals surface area (Å²) < 4.78 is 7.58. The van der Waals surface area contributed by atoms with Crippen molar-refractivity contribution in [3.05, 3.63) is 30.3 Å². The lowest BCUT2D eigenvalue weighted by Gasteiger charge is -2.31. The summed E-state index contributed by atoms with van der Waals surface area (Å²) in [4.78, 5) is 31.6. The molecule has 1 saturated heterocycles. The topological polar surface area (TPSA) is 77.2 Å². The molecule has 2 aliphatic rings. The maximum absolute atomic E-state index is 12.6. The van der Waals surface area contributed by atoms with Gasteiger partial charge in [-0.05, 0) is 12.1 Å². The van der Waals surface area contributed by atoms with Crippen LogP contribution in [0.2, 0.25) is 0 Å². The number of carbonyl (C=O) groups is 2. The van der Waals surface area contributed by atoms with E-state index in [1.807, 2.05) is 34.9 Å². The number of ether oxygens (including phenoxy) is 1. The molecule has 0 bridgehead atoms. The fourth-order valence-electron chi connectivity index (χ4n) is 2.97. The largest absolute Gasteiger partial charge is 0.493 e. The number of aliphatic imine (C=N–C) groups is 1. The van der Waals surface area contributed by atoms with Crippen LogP contribution in [0.5, 0.6) is 5.75 Å². The molecule has 8 nitrogen and oxygen atoms in total. The Kier molecular flexibility index (Phi) is 4.69. The number of carbonyl (C=O) groups excluding carboxylic acids is 2. The van der Waals surface area contributed by atoms with Gasteiger partial charge in [0.2, 0.25) is 11.9 Å². The average Bonchev–Trinajstić information content (AvgIpc) is 3.01. The van der Waals surface area contributed by atoms with Gasteiger partial charge in [0, 0.05) is 20.5 Å². The summed E-state index contributed by atoms with van der Waals surface area (Å²) >= 11 is 0. The lowest BCUT2D eigenvalue weighted by atomic mass is 10.1. The first-order valence-corrected chi connectivity index (χ1v) is 8.17. The van der Waals surface area contributed by atoms with E-state index >= 15 is 0 Å². The van der Waals surface area contributed by atoms with Crippen molar-refractivity contribution in [1.29, 1.82) is 0 Å². The monoisotopic (exact) mass is 344 g/mol. The quantitative estimate of drug-likeness (QED) is 0.618. The molecule has 1 atom stereocenters. The lowest BCUT2D eigenvalue weighted by Crippen LogP contribution is -2.61. The molecule has 1 N–H and O–H groups in total. The Labute approximate surface area is 146 Å². The standard InChI is InChI=1S/C17H21N5O3/c1-18-16-19-14-13(15(23)21(3)17(24)20(14)2)22(16)10-7-11-25-12-8-5-4-6-9-12/h4-6,8-9,13H,7,10-11H2,1-3H3/p+1. The first-order chi connectivity index (χ1) is 12.0. The van der Waals surface area contributed by atoms with Gasteiger partial charge < -0.3 is 4.74 Å². The third-order valence-electron chi connectivity index (χ3n) is 4.31. The number of para-hydroxylation sites is 1. The molecular weight excluding hydrogens is 322 g/mol. The van der Waals surface area contributed by atoms with E-state index in [2.05, 4.69) is 10.3 Å². The van der Waals surface area contributed by atoms with Crippen LogP contribution in [-0.2, 0) is 4.79 Å². The summed E-state index contributed by atoms with van der Waals surface area (Å²) in [5.74, 6) is 1.60. The number of rotatable bonds is 5. The van der Waals surface area contributed by atoms with Crippen molar-refractivity contribution in [2.24, 2.45) is 4.99 Å². The average molecular weight is 344 g/mol. The number of likely N-dealkylation sites (N-methyl/N-ethyl adjacent to an activating group) is 2. The number of fused-ring (bicyclic) bond motifs is 1. The molecule has 132 valence electrons. The van der Waals surface area contributed by atoms with Gasteiger partial charge in [0.05, 0.1) is 20.2 Å². The molecule has 0 saturated carbocycles. The van der Waals surface area contributed by atoms with Gasteiger partial charge in [-0.25, -0.2) is 9.37 Å². The summed E-state index contributed by atoms with van der Waals surface area (Å²) in [6.45, 7) is 1.11. The number of hydrogen-bond donors (Lipinski definition) is 1. The number of urea groups is 1. The molecule has 1 unspecified atom stereocenters. The van der Waals surface area contributed by atoms with Gasteiger partial charge in [0.25, 0.3) is 5.91 Å². The van der Waals surface area contributed by atoms with Crippen LogP contribution in [-0.4, -0.2) is 78.4 Å². The van der Waals surface area contributed by atoms with Gasteiger partial charge in [-0.1, -0.05) is 23.2 Å². The maximum Gasteiger partial charge on any atom is 0.389 e. The number of nitrogens with one attached hydrogen (secondary N) is 1. The minimum absolute atomic E-state index is 0.268. The van der Waals surface area contributed by atoms with E-state index in [-0.39, 0.29) is 11.9 Å². The third-order valence-corrected chi connectivity index (χ3v) is 4.31. The number of hydrogen-bond acceptors (Lipinski definition) is 5. The normalized spacial score (nSPS) is 20.0. The number of imide groups is 1. The Balaban J connectivity index is 1.68. The molecule has 2 heterocycles. The highest BCUT2D eigenvalue weighted by atomic mass is 16.5. The highest BCUT2D eigenvalue weighted by Gasteiger charge is 2.50. The summed E-state index contributed by atoms with van der Waals surface area (Å²) in [5.41, 5.74) is 0. The molecule has 0 aromatic heterocycles. The van der Waals surface area contributed by atoms with Crippen LogP contribution in [0.1, 0.15) is 6.42 Å². The van der Waals surface area contributed by atoms with Crippen LogP contribution in [0.25, 0.3) is 0 Å². The number of amides is 3. The zero-order valence-corrected chi connectivity index (χ0v) is 14.6. The number of benzene rings is 1. The van der Waals surface area contributed by atoms with E-state index in [1.165, 1.54) is 11.9 Å². The van der Waals surface area contributed by atoms with Crippen LogP contribution in [0.15, 0.2) is 35.3 Å². The summed E-state index contributed by atoms with van der Waals surface area (Å²) in [5, 5.41) is 3.01. The second kappa shape index (κ2) is 6.92. The molecule has 0 spiro atoms. The van der Waals surface area contributed by atoms with Crippen molar-refractivity contribution >= 4 is 23.7 Å². The smallest absolute Gasteiger partial charge is 0.389 e. The van der Waals surface area contributed by atoms with Crippen LogP contribution in [0, 0.1) is 0 Å². The van der Waals surface area contributed by atoms with Gasteiger partial charge in [-0.15, -0.1) is 0 Å². The maximum atomic E-state index is 12.6. The van der Waals surface area contributed by atoms with E-state index < -0.39 is 6.04 Å². The zero-order valence-electron chi connectivity index (χ0n) is 14.6. The highest BCUT2D eigenvalue weighted by molar-refractivity contribution is 6.22. The van der Waals surface area contributed by atoms with Crippen molar-refractivity contribution < 1.29 is 18.9 Å². The lowest BCUT2D eigenvalue weighted by molar-refractivity contribution is -0.537. The first-order valence-electron chi connectivity index (χ1n) is 8.17. The second-order valence-corrected chi connectivity index (χ2v) is 5.89. The van der Waals surface area contributed by atoms with Crippen LogP contribution in [0.3, 0.4) is 0 Å². The van der Waals surface area contributed by atoms with Crippen molar-refractivity contribution in [3.8, 4) is 5.75 Å². The fraction of sp³-hybridized carbons (Fsp3) is 0.412. The Hall–Kier alpha value is -2.90. The number of nitrogens with zero attached hydrogens (tertiary/aromatic N) is 4. The van der Waals surface area contributed by atoms with Gasteiger partial charge in [0.1, 0.15) is 5.75 Å². The van der Waals surface area contributed by atoms with Crippen molar-refractivity contribution in [3.63, 3.8) is 0 Å². The molecule has 25 heavy (non-hydrogen) atoms. The third kappa shape index (κ3) is 3.07. The molecule has 8 heteroatoms. The second-order valence-electron chi connectivity index (χ2n) is 5.89. The Morgan fingerprint density at radius 3 is 2.60 bits per heavy atom. The Morgan fingerprint density at radius 2 is 1.92 bits per heavy atom. The van der Waals surface area contributed by atoms with Crippen molar-refractivity contribution in [1.82, 2.24) is 15.1 Å². The molecule has 3 amide bonds. The molecule has 1 aromatic carbocycles. The number of guanidine groups is 1. The van der Waals surface area contributed by atoms with E-state index in [1.54, 1.807) is 14.1 Å². The minimum Gasteiger partial charge on any atom is -0.493 e. The molecule has 3 rings (SSSR count). The summed E-state index contributed by atoms with van der Waals surface area (Å²) in [6.07, 6.45) is 0.716. The molecule has 1 aromatic rings. The van der Waals surface area contributed by atoms with E-state index in [0.717, 1.165) is 10.6 Å². The highest BCUT2D eigenvalue weighted by Crippen LogP contribution is 2.18. The predicted octanol–water partition coefficient (Wildman–Crippen LogP) is 0.348.